The maximum absolute atomic E-state index is 9.93. The minimum absolute atomic E-state index is 0.280. The van der Waals surface area contributed by atoms with E-state index < -0.39 is 0 Å². The first-order valence-electron chi connectivity index (χ1n) is 2.87. The third-order valence-electron chi connectivity index (χ3n) is 0.370. The Hall–Kier alpha value is -0.613. The molecule has 0 aromatic rings. The van der Waals surface area contributed by atoms with E-state index in [2.05, 4.69) is 9.16 Å². The molecule has 0 unspecified atom stereocenters. The van der Waals surface area contributed by atoms with E-state index in [-0.39, 0.29) is 5.97 Å². The smallest absolute Gasteiger partial charge is 0.307 e. The molecule has 4 heteroatoms. The average Bonchev–Trinajstić information content (AvgIpc) is 1.85. The molecule has 0 saturated carbocycles. The van der Waals surface area contributed by atoms with Gasteiger partial charge in [0.05, 0.1) is 6.26 Å². The number of carbonyl (C=O) groups excluding carboxylic acids is 1. The zero-order valence-electron chi connectivity index (χ0n) is 6.88. The molecule has 0 aromatic heterocycles. The molecular formula is C6H14O3Si. The summed E-state index contributed by atoms with van der Waals surface area (Å²) in [6.45, 7) is 3.14. The highest BCUT2D eigenvalue weighted by Gasteiger charge is 1.80. The molecular weight excluding hydrogens is 148 g/mol. The van der Waals surface area contributed by atoms with Crippen molar-refractivity contribution < 1.29 is 14.0 Å². The van der Waals surface area contributed by atoms with E-state index in [0.29, 0.717) is 0 Å². The van der Waals surface area contributed by atoms with Crippen LogP contribution in [0.1, 0.15) is 13.8 Å². The van der Waals surface area contributed by atoms with Crippen molar-refractivity contribution in [2.24, 2.45) is 0 Å². The second-order valence-electron chi connectivity index (χ2n) is 1.49. The van der Waals surface area contributed by atoms with Gasteiger partial charge >= 0.3 is 5.97 Å². The van der Waals surface area contributed by atoms with Crippen molar-refractivity contribution in [3.05, 3.63) is 12.3 Å². The molecule has 0 radical (unpaired) electrons. The molecule has 0 rings (SSSR count). The average molecular weight is 162 g/mol. The van der Waals surface area contributed by atoms with Crippen LogP contribution in [0.5, 0.6) is 0 Å². The minimum atomic E-state index is -0.280. The van der Waals surface area contributed by atoms with Gasteiger partial charge in [-0.3, -0.25) is 4.79 Å². The van der Waals surface area contributed by atoms with Gasteiger partial charge in [0.2, 0.25) is 0 Å². The Morgan fingerprint density at radius 3 is 2.10 bits per heavy atom. The predicted molar refractivity (Wildman–Crippen MR) is 43.5 cm³/mol. The quantitative estimate of drug-likeness (QED) is 0.309. The standard InChI is InChI=1S/C5H8O2.CH6OSi/c1-3-4-7-5(2)6;1-2-3/h3-4H,1-2H3;1,3H3. The fourth-order valence-corrected chi connectivity index (χ4v) is 0.164. The fraction of sp³-hybridized carbons (Fsp3) is 0.500. The molecule has 0 aliphatic heterocycles. The largest absolute Gasteiger partial charge is 0.435 e. The van der Waals surface area contributed by atoms with Gasteiger partial charge in [-0.2, -0.15) is 0 Å². The van der Waals surface area contributed by atoms with E-state index in [0.717, 1.165) is 10.5 Å². The van der Waals surface area contributed by atoms with Gasteiger partial charge in [0.15, 0.2) is 0 Å². The van der Waals surface area contributed by atoms with Crippen LogP contribution in [0.2, 0.25) is 0 Å². The van der Waals surface area contributed by atoms with Crippen LogP contribution < -0.4 is 0 Å². The number of esters is 1. The van der Waals surface area contributed by atoms with E-state index in [1.165, 1.54) is 13.2 Å². The van der Waals surface area contributed by atoms with Crippen molar-refractivity contribution in [1.29, 1.82) is 0 Å². The minimum Gasteiger partial charge on any atom is -0.435 e. The van der Waals surface area contributed by atoms with Crippen LogP contribution in [0, 0.1) is 0 Å². The topological polar surface area (TPSA) is 35.5 Å². The van der Waals surface area contributed by atoms with Crippen LogP contribution in [0.4, 0.5) is 0 Å². The molecule has 0 bridgehead atoms. The normalized spacial score (nSPS) is 8.70. The van der Waals surface area contributed by atoms with Crippen LogP contribution in [-0.4, -0.2) is 23.6 Å². The van der Waals surface area contributed by atoms with Gasteiger partial charge in [0.1, 0.15) is 10.5 Å². The number of allylic oxidation sites excluding steroid dienone is 1. The van der Waals surface area contributed by atoms with Crippen LogP contribution in [0.15, 0.2) is 12.3 Å². The second-order valence-corrected chi connectivity index (χ2v) is 2.30. The first-order chi connectivity index (χ1) is 4.68. The molecule has 60 valence electrons. The molecule has 10 heavy (non-hydrogen) atoms. The van der Waals surface area contributed by atoms with E-state index in [9.17, 15) is 4.79 Å². The Bertz CT molecular complexity index is 101. The van der Waals surface area contributed by atoms with Crippen LogP contribution in [0.25, 0.3) is 0 Å². The lowest BCUT2D eigenvalue weighted by Crippen LogP contribution is -1.88. The molecule has 0 saturated heterocycles. The van der Waals surface area contributed by atoms with Gasteiger partial charge in [-0.05, 0) is 6.92 Å². The summed E-state index contributed by atoms with van der Waals surface area (Å²) in [5, 5.41) is 0. The van der Waals surface area contributed by atoms with Crippen molar-refractivity contribution in [3.8, 4) is 0 Å². The van der Waals surface area contributed by atoms with Crippen molar-refractivity contribution in [2.75, 3.05) is 7.11 Å². The van der Waals surface area contributed by atoms with Crippen molar-refractivity contribution in [3.63, 3.8) is 0 Å². The number of ether oxygens (including phenoxy) is 1. The first kappa shape index (κ1) is 12.1. The maximum atomic E-state index is 9.93. The third kappa shape index (κ3) is 26.3. The summed E-state index contributed by atoms with van der Waals surface area (Å²) in [5.41, 5.74) is 0. The highest BCUT2D eigenvalue weighted by molar-refractivity contribution is 5.97. The zero-order valence-corrected chi connectivity index (χ0v) is 8.88. The number of hydrogen-bond donors (Lipinski definition) is 0. The summed E-state index contributed by atoms with van der Waals surface area (Å²) in [4.78, 5) is 9.93. The van der Waals surface area contributed by atoms with Gasteiger partial charge < -0.3 is 9.16 Å². The maximum Gasteiger partial charge on any atom is 0.307 e. The van der Waals surface area contributed by atoms with Crippen molar-refractivity contribution >= 4 is 16.5 Å². The summed E-state index contributed by atoms with van der Waals surface area (Å²) in [6.07, 6.45) is 3.00. The van der Waals surface area contributed by atoms with E-state index in [4.69, 9.17) is 0 Å². The second kappa shape index (κ2) is 11.2. The lowest BCUT2D eigenvalue weighted by Gasteiger charge is -1.85. The van der Waals surface area contributed by atoms with E-state index >= 15 is 0 Å². The summed E-state index contributed by atoms with van der Waals surface area (Å²) in [5.74, 6) is -0.280. The van der Waals surface area contributed by atoms with Gasteiger partial charge in [-0.1, -0.05) is 6.08 Å². The van der Waals surface area contributed by atoms with E-state index in [1.807, 2.05) is 0 Å². The number of hydrogen-bond acceptors (Lipinski definition) is 3. The Kier molecular flexibility index (Phi) is 13.6. The molecule has 0 N–H and O–H groups in total. The highest BCUT2D eigenvalue weighted by Crippen LogP contribution is 1.75. The molecule has 0 aliphatic rings. The SMILES string of the molecule is CC=COC(C)=O.CO[SiH3]. The summed E-state index contributed by atoms with van der Waals surface area (Å²) in [6, 6.07) is 0. The molecule has 0 heterocycles. The van der Waals surface area contributed by atoms with Gasteiger partial charge in [-0.25, -0.2) is 0 Å². The molecule has 3 nitrogen and oxygen atoms in total. The van der Waals surface area contributed by atoms with Crippen LogP contribution in [-0.2, 0) is 14.0 Å². The lowest BCUT2D eigenvalue weighted by molar-refractivity contribution is -0.135. The molecule has 0 amide bonds. The lowest BCUT2D eigenvalue weighted by atomic mass is 10.7. The summed E-state index contributed by atoms with van der Waals surface area (Å²) in [7, 11) is 2.56. The van der Waals surface area contributed by atoms with Crippen molar-refractivity contribution in [2.45, 2.75) is 13.8 Å². The molecule has 0 fully saturated rings. The van der Waals surface area contributed by atoms with Crippen molar-refractivity contribution in [1.82, 2.24) is 0 Å². The number of carbonyl (C=O) groups is 1. The van der Waals surface area contributed by atoms with Gasteiger partial charge in [0, 0.05) is 14.0 Å². The predicted octanol–water partition coefficient (Wildman–Crippen LogP) is -0.00370. The molecule has 0 spiro atoms. The van der Waals surface area contributed by atoms with Crippen LogP contribution >= 0.6 is 0 Å². The molecule has 0 aliphatic carbocycles. The fourth-order valence-electron chi connectivity index (χ4n) is 0.164. The Balaban J connectivity index is 0. The molecule has 0 atom stereocenters. The molecule has 0 aromatic carbocycles. The summed E-state index contributed by atoms with van der Waals surface area (Å²) < 4.78 is 8.76. The Labute approximate surface area is 64.6 Å². The third-order valence-corrected chi connectivity index (χ3v) is 0.370. The highest BCUT2D eigenvalue weighted by atomic mass is 28.2. The van der Waals surface area contributed by atoms with Crippen LogP contribution in [0.3, 0.4) is 0 Å². The zero-order chi connectivity index (χ0) is 8.41. The summed E-state index contributed by atoms with van der Waals surface area (Å²) >= 11 is 0. The van der Waals surface area contributed by atoms with Gasteiger partial charge in [0.25, 0.3) is 0 Å². The number of rotatable bonds is 1. The van der Waals surface area contributed by atoms with E-state index in [1.54, 1.807) is 20.1 Å². The Morgan fingerprint density at radius 1 is 1.60 bits per heavy atom. The van der Waals surface area contributed by atoms with Gasteiger partial charge in [-0.15, -0.1) is 0 Å². The first-order valence-corrected chi connectivity index (χ1v) is 3.69. The monoisotopic (exact) mass is 162 g/mol. The Morgan fingerprint density at radius 2 is 2.00 bits per heavy atom.